The average molecular weight is 488 g/mol. The Bertz CT molecular complexity index is 1050. The van der Waals surface area contributed by atoms with Crippen molar-refractivity contribution >= 4 is 39.8 Å². The Balaban J connectivity index is 1.58. The molecule has 0 aliphatic carbocycles. The fourth-order valence-electron chi connectivity index (χ4n) is 2.70. The van der Waals surface area contributed by atoms with Gasteiger partial charge in [0.05, 0.1) is 23.5 Å². The van der Waals surface area contributed by atoms with Crippen LogP contribution in [-0.2, 0) is 11.3 Å². The largest absolute Gasteiger partial charge is 0.496 e. The molecule has 3 aromatic rings. The summed E-state index contributed by atoms with van der Waals surface area (Å²) in [4.78, 5) is 12.2. The molecule has 30 heavy (non-hydrogen) atoms. The molecule has 0 radical (unpaired) electrons. The Labute approximate surface area is 188 Å². The lowest BCUT2D eigenvalue weighted by molar-refractivity contribution is -0.118. The number of amides is 1. The van der Waals surface area contributed by atoms with Crippen LogP contribution in [0.2, 0.25) is 0 Å². The summed E-state index contributed by atoms with van der Waals surface area (Å²) in [5.74, 6) is 1.50. The van der Waals surface area contributed by atoms with Gasteiger partial charge in [-0.2, -0.15) is 5.10 Å². The lowest BCUT2D eigenvalue weighted by Gasteiger charge is -2.07. The molecule has 1 heterocycles. The van der Waals surface area contributed by atoms with Gasteiger partial charge in [0.1, 0.15) is 5.75 Å². The smallest absolute Gasteiger partial charge is 0.250 e. The third-order valence-corrected chi connectivity index (χ3v) is 5.84. The zero-order valence-corrected chi connectivity index (χ0v) is 19.3. The van der Waals surface area contributed by atoms with Crippen LogP contribution in [0.4, 0.5) is 0 Å². The van der Waals surface area contributed by atoms with Gasteiger partial charge in [-0.1, -0.05) is 41.6 Å². The summed E-state index contributed by atoms with van der Waals surface area (Å²) in [6.45, 7) is 4.79. The van der Waals surface area contributed by atoms with E-state index in [2.05, 4.69) is 36.7 Å². The molecule has 2 aromatic carbocycles. The fourth-order valence-corrected chi connectivity index (χ4v) is 4.05. The summed E-state index contributed by atoms with van der Waals surface area (Å²) >= 11 is 4.75. The average Bonchev–Trinajstić information content (AvgIpc) is 3.16. The van der Waals surface area contributed by atoms with Crippen LogP contribution in [0, 0.1) is 6.92 Å². The maximum atomic E-state index is 12.2. The number of carbonyl (C=O) groups is 1. The molecule has 0 bridgehead atoms. The Morgan fingerprint density at radius 1 is 1.27 bits per heavy atom. The zero-order chi connectivity index (χ0) is 21.5. The molecule has 3 rings (SSSR count). The maximum Gasteiger partial charge on any atom is 0.250 e. The van der Waals surface area contributed by atoms with Gasteiger partial charge >= 0.3 is 0 Å². The third kappa shape index (κ3) is 5.48. The van der Waals surface area contributed by atoms with Crippen molar-refractivity contribution in [1.29, 1.82) is 0 Å². The van der Waals surface area contributed by atoms with Crippen LogP contribution in [-0.4, -0.2) is 39.7 Å². The molecule has 0 unspecified atom stereocenters. The van der Waals surface area contributed by atoms with Crippen LogP contribution in [0.1, 0.15) is 18.1 Å². The van der Waals surface area contributed by atoms with Crippen molar-refractivity contribution in [1.82, 2.24) is 20.2 Å². The number of hydrogen-bond acceptors (Lipinski definition) is 6. The van der Waals surface area contributed by atoms with Crippen LogP contribution in [0.3, 0.4) is 0 Å². The molecule has 0 saturated heterocycles. The SMILES string of the molecule is CCn1c(SCC(=O)NN=Cc2ccc(OC)c(Br)c2)nnc1-c1ccc(C)cc1. The number of halogens is 1. The van der Waals surface area contributed by atoms with Gasteiger partial charge in [0.15, 0.2) is 11.0 Å². The molecule has 1 N–H and O–H groups in total. The highest BCUT2D eigenvalue weighted by atomic mass is 79.9. The first kappa shape index (κ1) is 22.0. The van der Waals surface area contributed by atoms with E-state index in [-0.39, 0.29) is 11.7 Å². The van der Waals surface area contributed by atoms with Crippen molar-refractivity contribution < 1.29 is 9.53 Å². The van der Waals surface area contributed by atoms with Gasteiger partial charge in [0.2, 0.25) is 0 Å². The number of benzene rings is 2. The molecule has 9 heteroatoms. The number of hydrogen-bond donors (Lipinski definition) is 1. The molecule has 0 aliphatic rings. The monoisotopic (exact) mass is 487 g/mol. The van der Waals surface area contributed by atoms with E-state index in [1.165, 1.54) is 17.3 Å². The van der Waals surface area contributed by atoms with E-state index in [0.29, 0.717) is 11.7 Å². The van der Waals surface area contributed by atoms with Gasteiger partial charge in [-0.15, -0.1) is 10.2 Å². The number of nitrogens with one attached hydrogen (secondary N) is 1. The van der Waals surface area contributed by atoms with Gasteiger partial charge in [-0.25, -0.2) is 5.43 Å². The molecule has 1 amide bonds. The molecule has 1 aromatic heterocycles. The minimum atomic E-state index is -0.216. The summed E-state index contributed by atoms with van der Waals surface area (Å²) in [5.41, 5.74) is 5.57. The Morgan fingerprint density at radius 2 is 2.03 bits per heavy atom. The predicted molar refractivity (Wildman–Crippen MR) is 123 cm³/mol. The van der Waals surface area contributed by atoms with Crippen molar-refractivity contribution in [2.75, 3.05) is 12.9 Å². The van der Waals surface area contributed by atoms with E-state index in [1.54, 1.807) is 13.3 Å². The number of rotatable bonds is 8. The van der Waals surface area contributed by atoms with Gasteiger partial charge in [-0.3, -0.25) is 4.79 Å². The minimum Gasteiger partial charge on any atom is -0.496 e. The highest BCUT2D eigenvalue weighted by Gasteiger charge is 2.14. The molecule has 7 nitrogen and oxygen atoms in total. The Morgan fingerprint density at radius 3 is 2.70 bits per heavy atom. The number of ether oxygens (including phenoxy) is 1. The fraction of sp³-hybridized carbons (Fsp3) is 0.238. The van der Waals surface area contributed by atoms with E-state index >= 15 is 0 Å². The second-order valence-electron chi connectivity index (χ2n) is 6.39. The quantitative estimate of drug-likeness (QED) is 0.291. The summed E-state index contributed by atoms with van der Waals surface area (Å²) in [5, 5.41) is 13.3. The maximum absolute atomic E-state index is 12.2. The molecule has 0 spiro atoms. The lowest BCUT2D eigenvalue weighted by Crippen LogP contribution is -2.20. The van der Waals surface area contributed by atoms with Crippen molar-refractivity contribution in [3.63, 3.8) is 0 Å². The molecular weight excluding hydrogens is 466 g/mol. The number of aromatic nitrogens is 3. The van der Waals surface area contributed by atoms with E-state index in [9.17, 15) is 4.79 Å². The van der Waals surface area contributed by atoms with Gasteiger partial charge in [-0.05, 0) is 53.5 Å². The Hall–Kier alpha value is -2.65. The second kappa shape index (κ2) is 10.4. The van der Waals surface area contributed by atoms with Crippen LogP contribution in [0.25, 0.3) is 11.4 Å². The molecule has 156 valence electrons. The van der Waals surface area contributed by atoms with Crippen molar-refractivity contribution in [3.8, 4) is 17.1 Å². The molecular formula is C21H22BrN5O2S. The first-order chi connectivity index (χ1) is 14.5. The number of thioether (sulfide) groups is 1. The number of carbonyl (C=O) groups excluding carboxylic acids is 1. The predicted octanol–water partition coefficient (Wildman–Crippen LogP) is 4.29. The summed E-state index contributed by atoms with van der Waals surface area (Å²) < 4.78 is 8.01. The second-order valence-corrected chi connectivity index (χ2v) is 8.19. The Kier molecular flexibility index (Phi) is 7.64. The number of aryl methyl sites for hydroxylation is 1. The van der Waals surface area contributed by atoms with E-state index in [1.807, 2.05) is 60.9 Å². The van der Waals surface area contributed by atoms with Crippen LogP contribution >= 0.6 is 27.7 Å². The van der Waals surface area contributed by atoms with Crippen LogP contribution in [0.15, 0.2) is 57.2 Å². The van der Waals surface area contributed by atoms with Crippen molar-refractivity contribution in [2.24, 2.45) is 5.10 Å². The first-order valence-corrected chi connectivity index (χ1v) is 11.1. The van der Waals surface area contributed by atoms with Crippen LogP contribution < -0.4 is 10.2 Å². The third-order valence-electron chi connectivity index (χ3n) is 4.25. The lowest BCUT2D eigenvalue weighted by atomic mass is 10.1. The highest BCUT2D eigenvalue weighted by molar-refractivity contribution is 9.10. The zero-order valence-electron chi connectivity index (χ0n) is 16.9. The standard InChI is InChI=1S/C21H22BrN5O2S/c1-4-27-20(16-8-5-14(2)6-9-16)25-26-21(27)30-13-19(28)24-23-12-15-7-10-18(29-3)17(22)11-15/h5-12H,4,13H2,1-3H3,(H,24,28). The summed E-state index contributed by atoms with van der Waals surface area (Å²) in [6, 6.07) is 13.7. The van der Waals surface area contributed by atoms with Crippen molar-refractivity contribution in [3.05, 3.63) is 58.1 Å². The summed E-state index contributed by atoms with van der Waals surface area (Å²) in [7, 11) is 1.61. The molecule has 0 atom stereocenters. The van der Waals surface area contributed by atoms with E-state index in [4.69, 9.17) is 4.74 Å². The molecule has 0 aliphatic heterocycles. The number of nitrogens with zero attached hydrogens (tertiary/aromatic N) is 4. The number of hydrazone groups is 1. The van der Waals surface area contributed by atoms with E-state index in [0.717, 1.165) is 27.2 Å². The summed E-state index contributed by atoms with van der Waals surface area (Å²) in [6.07, 6.45) is 1.58. The normalized spacial score (nSPS) is 11.1. The highest BCUT2D eigenvalue weighted by Crippen LogP contribution is 2.25. The van der Waals surface area contributed by atoms with E-state index < -0.39 is 0 Å². The van der Waals surface area contributed by atoms with Crippen LogP contribution in [0.5, 0.6) is 5.75 Å². The van der Waals surface area contributed by atoms with Gasteiger partial charge in [0.25, 0.3) is 5.91 Å². The van der Waals surface area contributed by atoms with Gasteiger partial charge < -0.3 is 9.30 Å². The molecule has 0 saturated carbocycles. The molecule has 0 fully saturated rings. The topological polar surface area (TPSA) is 81.4 Å². The van der Waals surface area contributed by atoms with Crippen molar-refractivity contribution in [2.45, 2.75) is 25.5 Å². The number of methoxy groups -OCH3 is 1. The van der Waals surface area contributed by atoms with Gasteiger partial charge in [0, 0.05) is 12.1 Å². The first-order valence-electron chi connectivity index (χ1n) is 9.30. The minimum absolute atomic E-state index is 0.190.